The summed E-state index contributed by atoms with van der Waals surface area (Å²) in [6.07, 6.45) is 0.535. The molecule has 0 fully saturated rings. The number of aromatic amines is 1. The smallest absolute Gasteiger partial charge is 0.322 e. The molecule has 0 bridgehead atoms. The molecule has 9 N–H and O–H groups in total. The van der Waals surface area contributed by atoms with Crippen molar-refractivity contribution in [1.82, 2.24) is 20.9 Å². The van der Waals surface area contributed by atoms with Crippen LogP contribution >= 0.6 is 0 Å². The van der Waals surface area contributed by atoms with Crippen molar-refractivity contribution >= 4 is 34.6 Å². The van der Waals surface area contributed by atoms with Crippen molar-refractivity contribution in [2.75, 3.05) is 13.2 Å². The second-order valence-electron chi connectivity index (χ2n) is 7.25. The van der Waals surface area contributed by atoms with E-state index in [1.54, 1.807) is 6.20 Å². The lowest BCUT2D eigenvalue weighted by Crippen LogP contribution is -2.59. The van der Waals surface area contributed by atoms with Gasteiger partial charge in [0.25, 0.3) is 0 Å². The quantitative estimate of drug-likeness (QED) is 0.185. The number of nitrogens with one attached hydrogen (secondary N) is 4. The highest BCUT2D eigenvalue weighted by atomic mass is 16.4. The van der Waals surface area contributed by atoms with Crippen LogP contribution in [0.25, 0.3) is 10.9 Å². The Morgan fingerprint density at radius 2 is 1.78 bits per heavy atom. The van der Waals surface area contributed by atoms with Crippen LogP contribution < -0.4 is 21.7 Å². The van der Waals surface area contributed by atoms with E-state index in [-0.39, 0.29) is 6.42 Å². The molecule has 12 heteroatoms. The standard InChI is InChI=1S/C20H27N5O7/c1-10(27)17(20(32)23-8-16(28)29)25-19(31)15(9-26)24-18(30)13(21)6-11-7-22-14-5-3-2-4-12(11)14/h2-5,7,10,13,15,17,22,26-27H,6,8-9,21H2,1H3,(H,23,32)(H,24,30)(H,25,31)(H,28,29). The van der Waals surface area contributed by atoms with Gasteiger partial charge in [-0.2, -0.15) is 0 Å². The van der Waals surface area contributed by atoms with E-state index in [0.717, 1.165) is 16.5 Å². The van der Waals surface area contributed by atoms with Gasteiger partial charge >= 0.3 is 5.97 Å². The maximum Gasteiger partial charge on any atom is 0.322 e. The lowest BCUT2D eigenvalue weighted by atomic mass is 10.0. The predicted molar refractivity (Wildman–Crippen MR) is 113 cm³/mol. The zero-order valence-electron chi connectivity index (χ0n) is 17.4. The topological polar surface area (TPSA) is 207 Å². The Morgan fingerprint density at radius 3 is 2.41 bits per heavy atom. The van der Waals surface area contributed by atoms with Crippen LogP contribution in [-0.4, -0.2) is 81.4 Å². The molecule has 2 aromatic rings. The number of carboxylic acids is 1. The number of H-pyrrole nitrogens is 1. The molecule has 0 aliphatic heterocycles. The van der Waals surface area contributed by atoms with Gasteiger partial charge in [0, 0.05) is 17.1 Å². The van der Waals surface area contributed by atoms with Gasteiger partial charge in [-0.15, -0.1) is 0 Å². The molecule has 0 radical (unpaired) electrons. The summed E-state index contributed by atoms with van der Waals surface area (Å²) in [6, 6.07) is 3.51. The van der Waals surface area contributed by atoms with E-state index in [0.29, 0.717) is 0 Å². The average molecular weight is 449 g/mol. The van der Waals surface area contributed by atoms with Crippen LogP contribution in [0.15, 0.2) is 30.5 Å². The van der Waals surface area contributed by atoms with E-state index < -0.39 is 61.1 Å². The Hall–Kier alpha value is -3.48. The molecule has 32 heavy (non-hydrogen) atoms. The second-order valence-corrected chi connectivity index (χ2v) is 7.25. The second kappa shape index (κ2) is 11.2. The molecule has 0 saturated heterocycles. The van der Waals surface area contributed by atoms with E-state index in [1.807, 2.05) is 29.6 Å². The largest absolute Gasteiger partial charge is 0.480 e. The van der Waals surface area contributed by atoms with E-state index >= 15 is 0 Å². The molecule has 0 spiro atoms. The number of carbonyl (C=O) groups is 4. The molecule has 0 aliphatic carbocycles. The number of aliphatic carboxylic acids is 1. The van der Waals surface area contributed by atoms with Gasteiger partial charge in [-0.1, -0.05) is 18.2 Å². The SMILES string of the molecule is CC(O)C(NC(=O)C(CO)NC(=O)C(N)Cc1c[nH]c2ccccc12)C(=O)NCC(=O)O. The Bertz CT molecular complexity index is 974. The Labute approximate surface area is 183 Å². The normalized spacial score (nSPS) is 14.8. The van der Waals surface area contributed by atoms with Gasteiger partial charge in [0.1, 0.15) is 18.6 Å². The maximum absolute atomic E-state index is 12.5. The molecule has 1 aromatic heterocycles. The van der Waals surface area contributed by atoms with Crippen molar-refractivity contribution in [3.63, 3.8) is 0 Å². The van der Waals surface area contributed by atoms with Crippen LogP contribution in [0.3, 0.4) is 0 Å². The van der Waals surface area contributed by atoms with E-state index in [2.05, 4.69) is 15.6 Å². The number of para-hydroxylation sites is 1. The van der Waals surface area contributed by atoms with Crippen LogP contribution in [0.1, 0.15) is 12.5 Å². The van der Waals surface area contributed by atoms with E-state index in [9.17, 15) is 29.4 Å². The Balaban J connectivity index is 1.99. The van der Waals surface area contributed by atoms with Crippen LogP contribution in [-0.2, 0) is 25.6 Å². The van der Waals surface area contributed by atoms with Gasteiger partial charge < -0.3 is 42.0 Å². The van der Waals surface area contributed by atoms with Gasteiger partial charge in [0.2, 0.25) is 17.7 Å². The zero-order chi connectivity index (χ0) is 23.8. The van der Waals surface area contributed by atoms with E-state index in [4.69, 9.17) is 10.8 Å². The molecule has 0 saturated carbocycles. The first-order chi connectivity index (χ1) is 15.1. The van der Waals surface area contributed by atoms with Gasteiger partial charge in [-0.25, -0.2) is 0 Å². The number of aromatic nitrogens is 1. The third-order valence-electron chi connectivity index (χ3n) is 4.74. The predicted octanol–water partition coefficient (Wildman–Crippen LogP) is -2.42. The Morgan fingerprint density at radius 1 is 1.09 bits per heavy atom. The summed E-state index contributed by atoms with van der Waals surface area (Å²) in [5.74, 6) is -3.89. The van der Waals surface area contributed by atoms with Crippen LogP contribution in [0.5, 0.6) is 0 Å². The molecule has 3 amide bonds. The highest BCUT2D eigenvalue weighted by Crippen LogP contribution is 2.18. The number of hydrogen-bond acceptors (Lipinski definition) is 7. The fourth-order valence-corrected chi connectivity index (χ4v) is 3.03. The fourth-order valence-electron chi connectivity index (χ4n) is 3.03. The van der Waals surface area contributed by atoms with Crippen molar-refractivity contribution in [2.24, 2.45) is 5.73 Å². The molecule has 1 heterocycles. The van der Waals surface area contributed by atoms with Crippen LogP contribution in [0.4, 0.5) is 0 Å². The van der Waals surface area contributed by atoms with Crippen LogP contribution in [0, 0.1) is 0 Å². The van der Waals surface area contributed by atoms with E-state index in [1.165, 1.54) is 6.92 Å². The number of aliphatic hydroxyl groups is 2. The maximum atomic E-state index is 12.5. The summed E-state index contributed by atoms with van der Waals surface area (Å²) < 4.78 is 0. The number of hydrogen-bond donors (Lipinski definition) is 8. The summed E-state index contributed by atoms with van der Waals surface area (Å²) in [5.41, 5.74) is 7.65. The molecular formula is C20H27N5O7. The molecule has 2 rings (SSSR count). The van der Waals surface area contributed by atoms with Crippen LogP contribution in [0.2, 0.25) is 0 Å². The highest BCUT2D eigenvalue weighted by Gasteiger charge is 2.30. The first-order valence-electron chi connectivity index (χ1n) is 9.83. The number of rotatable bonds is 11. The number of fused-ring (bicyclic) bond motifs is 1. The molecule has 174 valence electrons. The number of benzene rings is 1. The minimum Gasteiger partial charge on any atom is -0.480 e. The third-order valence-corrected chi connectivity index (χ3v) is 4.74. The van der Waals surface area contributed by atoms with Crippen molar-refractivity contribution in [3.05, 3.63) is 36.0 Å². The molecule has 4 unspecified atom stereocenters. The van der Waals surface area contributed by atoms with Gasteiger partial charge in [-0.05, 0) is 25.0 Å². The summed E-state index contributed by atoms with van der Waals surface area (Å²) in [5, 5.41) is 35.4. The monoisotopic (exact) mass is 449 g/mol. The van der Waals surface area contributed by atoms with Gasteiger partial charge in [0.05, 0.1) is 18.8 Å². The lowest BCUT2D eigenvalue weighted by molar-refractivity contribution is -0.139. The minimum absolute atomic E-state index is 0.170. The van der Waals surface area contributed by atoms with Crippen molar-refractivity contribution in [2.45, 2.75) is 37.6 Å². The number of aliphatic hydroxyl groups excluding tert-OH is 2. The van der Waals surface area contributed by atoms with Gasteiger partial charge in [0.15, 0.2) is 0 Å². The van der Waals surface area contributed by atoms with Crippen molar-refractivity contribution < 1.29 is 34.5 Å². The Kier molecular flexibility index (Phi) is 8.70. The summed E-state index contributed by atoms with van der Waals surface area (Å²) >= 11 is 0. The first kappa shape index (κ1) is 24.8. The average Bonchev–Trinajstić information content (AvgIpc) is 3.16. The number of nitrogens with two attached hydrogens (primary N) is 1. The third kappa shape index (κ3) is 6.51. The summed E-state index contributed by atoms with van der Waals surface area (Å²) in [7, 11) is 0. The van der Waals surface area contributed by atoms with Crippen molar-refractivity contribution in [3.8, 4) is 0 Å². The number of amides is 3. The van der Waals surface area contributed by atoms with Gasteiger partial charge in [-0.3, -0.25) is 19.2 Å². The number of carboxylic acid groups (broad SMARTS) is 1. The first-order valence-corrected chi connectivity index (χ1v) is 9.83. The minimum atomic E-state index is -1.49. The summed E-state index contributed by atoms with van der Waals surface area (Å²) in [4.78, 5) is 50.6. The molecule has 12 nitrogen and oxygen atoms in total. The molecule has 0 aliphatic rings. The summed E-state index contributed by atoms with van der Waals surface area (Å²) in [6.45, 7) is -0.281. The molecular weight excluding hydrogens is 422 g/mol. The highest BCUT2D eigenvalue weighted by molar-refractivity contribution is 5.94. The molecule has 4 atom stereocenters. The fraction of sp³-hybridized carbons (Fsp3) is 0.400. The van der Waals surface area contributed by atoms with Crippen molar-refractivity contribution in [1.29, 1.82) is 0 Å². The zero-order valence-corrected chi connectivity index (χ0v) is 17.4. The number of carbonyl (C=O) groups excluding carboxylic acids is 3. The lowest BCUT2D eigenvalue weighted by Gasteiger charge is -2.24. The molecule has 1 aromatic carbocycles.